The van der Waals surface area contributed by atoms with Gasteiger partial charge in [0.05, 0.1) is 13.3 Å². The number of H-pyrrole nitrogens is 1. The molecule has 3 rings (SSSR count). The Hall–Kier alpha value is -3.28. The van der Waals surface area contributed by atoms with Crippen molar-refractivity contribution < 1.29 is 14.6 Å². The summed E-state index contributed by atoms with van der Waals surface area (Å²) in [5, 5.41) is 14.6. The van der Waals surface area contributed by atoms with E-state index in [9.17, 15) is 9.90 Å². The van der Waals surface area contributed by atoms with E-state index in [1.165, 1.54) is 19.4 Å². The average Bonchev–Trinajstić information content (AvgIpc) is 3.00. The van der Waals surface area contributed by atoms with E-state index in [4.69, 9.17) is 4.74 Å². The van der Waals surface area contributed by atoms with Crippen molar-refractivity contribution >= 4 is 23.0 Å². The molecule has 0 fully saturated rings. The highest BCUT2D eigenvalue weighted by molar-refractivity contribution is 5.98. The molecule has 0 saturated heterocycles. The number of fused-ring (bicyclic) bond motifs is 1. The Balaban J connectivity index is 1.73. The molecule has 6 heteroatoms. The Morgan fingerprint density at radius 3 is 2.87 bits per heavy atom. The predicted molar refractivity (Wildman–Crippen MR) is 88.0 cm³/mol. The van der Waals surface area contributed by atoms with E-state index in [0.29, 0.717) is 17.0 Å². The van der Waals surface area contributed by atoms with Crippen molar-refractivity contribution in [2.75, 3.05) is 7.11 Å². The van der Waals surface area contributed by atoms with Gasteiger partial charge in [-0.3, -0.25) is 4.79 Å². The Morgan fingerprint density at radius 2 is 2.09 bits per heavy atom. The molecule has 0 aliphatic carbocycles. The third-order valence-electron chi connectivity index (χ3n) is 3.38. The van der Waals surface area contributed by atoms with E-state index in [0.717, 1.165) is 10.9 Å². The Bertz CT molecular complexity index is 851. The summed E-state index contributed by atoms with van der Waals surface area (Å²) in [7, 11) is 1.53. The quantitative estimate of drug-likeness (QED) is 0.511. The molecule has 0 aliphatic rings. The Kier molecular flexibility index (Phi) is 3.97. The summed E-state index contributed by atoms with van der Waals surface area (Å²) in [5.74, 6) is 0.278. The average molecular weight is 309 g/mol. The van der Waals surface area contributed by atoms with Gasteiger partial charge in [-0.25, -0.2) is 5.43 Å². The Morgan fingerprint density at radius 1 is 1.26 bits per heavy atom. The second kappa shape index (κ2) is 6.23. The number of phenolic OH excluding ortho intramolecular Hbond substituents is 1. The molecule has 0 spiro atoms. The number of carbonyl (C=O) groups excluding carboxylic acids is 1. The number of rotatable bonds is 4. The van der Waals surface area contributed by atoms with Crippen LogP contribution in [0, 0.1) is 0 Å². The summed E-state index contributed by atoms with van der Waals surface area (Å²) < 4.78 is 5.08. The van der Waals surface area contributed by atoms with Crippen LogP contribution in [0.1, 0.15) is 16.1 Å². The van der Waals surface area contributed by atoms with Gasteiger partial charge >= 0.3 is 0 Å². The second-order valence-electron chi connectivity index (χ2n) is 4.89. The van der Waals surface area contributed by atoms with Gasteiger partial charge in [0.15, 0.2) is 0 Å². The van der Waals surface area contributed by atoms with Crippen molar-refractivity contribution in [2.24, 2.45) is 5.10 Å². The maximum Gasteiger partial charge on any atom is 0.287 e. The molecule has 1 aromatic heterocycles. The van der Waals surface area contributed by atoms with Crippen LogP contribution >= 0.6 is 0 Å². The number of methoxy groups -OCH3 is 1. The third kappa shape index (κ3) is 3.16. The summed E-state index contributed by atoms with van der Waals surface area (Å²) in [5.41, 5.74) is 4.16. The van der Waals surface area contributed by atoms with E-state index in [-0.39, 0.29) is 11.7 Å². The number of hydrazone groups is 1. The standard InChI is InChI=1S/C17H15N3O3/c1-23-13-6-7-16(21)12(8-13)10-18-20-17(22)15-9-11-4-2-3-5-14(11)19-15/h2-10,19,21H,1H3,(H,20,22). The predicted octanol–water partition coefficient (Wildman–Crippen LogP) is 2.65. The lowest BCUT2D eigenvalue weighted by atomic mass is 10.2. The van der Waals surface area contributed by atoms with Gasteiger partial charge < -0.3 is 14.8 Å². The molecular weight excluding hydrogens is 294 g/mol. The fraction of sp³-hybridized carbons (Fsp3) is 0.0588. The minimum Gasteiger partial charge on any atom is -0.507 e. The number of nitrogens with zero attached hydrogens (tertiary/aromatic N) is 1. The fourth-order valence-corrected chi connectivity index (χ4v) is 2.18. The summed E-state index contributed by atoms with van der Waals surface area (Å²) >= 11 is 0. The fourth-order valence-electron chi connectivity index (χ4n) is 2.18. The smallest absolute Gasteiger partial charge is 0.287 e. The molecule has 116 valence electrons. The minimum atomic E-state index is -0.361. The highest BCUT2D eigenvalue weighted by Gasteiger charge is 2.08. The first-order valence-electron chi connectivity index (χ1n) is 6.95. The van der Waals surface area contributed by atoms with Crippen molar-refractivity contribution in [1.29, 1.82) is 0 Å². The molecule has 0 atom stereocenters. The van der Waals surface area contributed by atoms with Crippen LogP contribution in [0.25, 0.3) is 10.9 Å². The van der Waals surface area contributed by atoms with Gasteiger partial charge in [0.25, 0.3) is 5.91 Å². The number of nitrogens with one attached hydrogen (secondary N) is 2. The van der Waals surface area contributed by atoms with Crippen molar-refractivity contribution in [3.8, 4) is 11.5 Å². The lowest BCUT2D eigenvalue weighted by Gasteiger charge is -2.03. The van der Waals surface area contributed by atoms with Crippen LogP contribution in [-0.2, 0) is 0 Å². The highest BCUT2D eigenvalue weighted by atomic mass is 16.5. The van der Waals surface area contributed by atoms with Crippen LogP contribution in [0.4, 0.5) is 0 Å². The molecule has 3 N–H and O–H groups in total. The van der Waals surface area contributed by atoms with Crippen LogP contribution in [-0.4, -0.2) is 29.3 Å². The van der Waals surface area contributed by atoms with Gasteiger partial charge in [0, 0.05) is 16.5 Å². The molecule has 0 saturated carbocycles. The molecule has 6 nitrogen and oxygen atoms in total. The number of amides is 1. The molecule has 3 aromatic rings. The van der Waals surface area contributed by atoms with Crippen molar-refractivity contribution in [3.63, 3.8) is 0 Å². The topological polar surface area (TPSA) is 86.7 Å². The number of carbonyl (C=O) groups is 1. The molecule has 23 heavy (non-hydrogen) atoms. The first-order valence-corrected chi connectivity index (χ1v) is 6.95. The molecule has 1 heterocycles. The number of phenols is 1. The molecule has 0 bridgehead atoms. The maximum atomic E-state index is 12.1. The summed E-state index contributed by atoms with van der Waals surface area (Å²) in [4.78, 5) is 15.1. The van der Waals surface area contributed by atoms with E-state index in [1.807, 2.05) is 24.3 Å². The third-order valence-corrected chi connectivity index (χ3v) is 3.38. The zero-order valence-electron chi connectivity index (χ0n) is 12.4. The van der Waals surface area contributed by atoms with Crippen LogP contribution < -0.4 is 10.2 Å². The molecule has 0 radical (unpaired) electrons. The monoisotopic (exact) mass is 309 g/mol. The summed E-state index contributed by atoms with van der Waals surface area (Å²) in [6, 6.07) is 14.1. The van der Waals surface area contributed by atoms with Crippen molar-refractivity contribution in [1.82, 2.24) is 10.4 Å². The van der Waals surface area contributed by atoms with Gasteiger partial charge in [-0.05, 0) is 30.3 Å². The first kappa shape index (κ1) is 14.6. The maximum absolute atomic E-state index is 12.1. The highest BCUT2D eigenvalue weighted by Crippen LogP contribution is 2.21. The zero-order chi connectivity index (χ0) is 16.2. The molecule has 2 aromatic carbocycles. The second-order valence-corrected chi connectivity index (χ2v) is 4.89. The van der Waals surface area contributed by atoms with Gasteiger partial charge in [-0.15, -0.1) is 0 Å². The van der Waals surface area contributed by atoms with Gasteiger partial charge in [-0.1, -0.05) is 18.2 Å². The number of aromatic hydroxyl groups is 1. The largest absolute Gasteiger partial charge is 0.507 e. The number of hydrogen-bond acceptors (Lipinski definition) is 4. The van der Waals surface area contributed by atoms with Crippen molar-refractivity contribution in [3.05, 3.63) is 59.8 Å². The van der Waals surface area contributed by atoms with Crippen molar-refractivity contribution in [2.45, 2.75) is 0 Å². The lowest BCUT2D eigenvalue weighted by molar-refractivity contribution is 0.0951. The number of para-hydroxylation sites is 1. The zero-order valence-corrected chi connectivity index (χ0v) is 12.4. The van der Waals surface area contributed by atoms with Gasteiger partial charge in [0.1, 0.15) is 17.2 Å². The van der Waals surface area contributed by atoms with E-state index < -0.39 is 0 Å². The summed E-state index contributed by atoms with van der Waals surface area (Å²) in [6.07, 6.45) is 1.36. The van der Waals surface area contributed by atoms with Crippen LogP contribution in [0.15, 0.2) is 53.6 Å². The van der Waals surface area contributed by atoms with E-state index in [2.05, 4.69) is 15.5 Å². The van der Waals surface area contributed by atoms with Crippen LogP contribution in [0.3, 0.4) is 0 Å². The van der Waals surface area contributed by atoms with Gasteiger partial charge in [0.2, 0.25) is 0 Å². The van der Waals surface area contributed by atoms with E-state index >= 15 is 0 Å². The molecule has 0 unspecified atom stereocenters. The Labute approximate surface area is 132 Å². The number of aromatic nitrogens is 1. The SMILES string of the molecule is COc1ccc(O)c(C=NNC(=O)c2cc3ccccc3[nH]2)c1. The lowest BCUT2D eigenvalue weighted by Crippen LogP contribution is -2.17. The molecule has 0 aliphatic heterocycles. The van der Waals surface area contributed by atoms with E-state index in [1.54, 1.807) is 18.2 Å². The number of ether oxygens (including phenoxy) is 1. The number of benzene rings is 2. The molecular formula is C17H15N3O3. The normalized spacial score (nSPS) is 11.0. The first-order chi connectivity index (χ1) is 11.2. The number of aromatic amines is 1. The minimum absolute atomic E-state index is 0.0504. The molecule has 1 amide bonds. The number of hydrogen-bond donors (Lipinski definition) is 3. The van der Waals surface area contributed by atoms with Gasteiger partial charge in [-0.2, -0.15) is 5.10 Å². The van der Waals surface area contributed by atoms with Crippen LogP contribution in [0.2, 0.25) is 0 Å². The summed E-state index contributed by atoms with van der Waals surface area (Å²) in [6.45, 7) is 0. The van der Waals surface area contributed by atoms with Crippen LogP contribution in [0.5, 0.6) is 11.5 Å².